The molecule has 0 bridgehead atoms. The van der Waals surface area contributed by atoms with Gasteiger partial charge in [-0.2, -0.15) is 0 Å². The summed E-state index contributed by atoms with van der Waals surface area (Å²) in [5, 5.41) is 0. The van der Waals surface area contributed by atoms with Crippen LogP contribution in [0.25, 0.3) is 0 Å². The standard InChI is InChI=1S/C12H19N3O3/c1-4-18-10(16)6-8-11(13)14-9(5-7(2)3)15-12(8)17/h7H,4-6H2,1-3H3,(H3,13,14,15,17). The van der Waals surface area contributed by atoms with Crippen molar-refractivity contribution in [2.75, 3.05) is 12.3 Å². The highest BCUT2D eigenvalue weighted by molar-refractivity contribution is 5.74. The quantitative estimate of drug-likeness (QED) is 0.751. The number of nitrogens with one attached hydrogen (secondary N) is 1. The molecule has 0 aliphatic carbocycles. The third kappa shape index (κ3) is 3.87. The molecule has 6 nitrogen and oxygen atoms in total. The van der Waals surface area contributed by atoms with Crippen LogP contribution in [0.4, 0.5) is 5.82 Å². The maximum absolute atomic E-state index is 11.8. The number of carbonyl (C=O) groups excluding carboxylic acids is 1. The highest BCUT2D eigenvalue weighted by atomic mass is 16.5. The van der Waals surface area contributed by atoms with Gasteiger partial charge in [-0.25, -0.2) is 4.98 Å². The Bertz CT molecular complexity index is 480. The summed E-state index contributed by atoms with van der Waals surface area (Å²) in [7, 11) is 0. The normalized spacial score (nSPS) is 10.7. The van der Waals surface area contributed by atoms with Gasteiger partial charge in [0.2, 0.25) is 0 Å². The fourth-order valence-electron chi connectivity index (χ4n) is 1.57. The van der Waals surface area contributed by atoms with Crippen molar-refractivity contribution in [3.05, 3.63) is 21.7 Å². The van der Waals surface area contributed by atoms with Crippen LogP contribution >= 0.6 is 0 Å². The molecule has 0 spiro atoms. The number of anilines is 1. The molecule has 18 heavy (non-hydrogen) atoms. The minimum absolute atomic E-state index is 0.0995. The molecule has 1 rings (SSSR count). The van der Waals surface area contributed by atoms with Crippen LogP contribution in [-0.4, -0.2) is 22.5 Å². The first-order valence-corrected chi connectivity index (χ1v) is 5.97. The number of aromatic amines is 1. The minimum Gasteiger partial charge on any atom is -0.466 e. The van der Waals surface area contributed by atoms with Gasteiger partial charge in [-0.3, -0.25) is 9.59 Å². The summed E-state index contributed by atoms with van der Waals surface area (Å²) in [4.78, 5) is 29.9. The summed E-state index contributed by atoms with van der Waals surface area (Å²) in [5.74, 6) is 0.527. The number of nitrogens with zero attached hydrogens (tertiary/aromatic N) is 1. The Kier molecular flexibility index (Phi) is 4.88. The molecule has 0 saturated carbocycles. The Morgan fingerprint density at radius 1 is 1.50 bits per heavy atom. The summed E-state index contributed by atoms with van der Waals surface area (Å²) < 4.78 is 4.78. The lowest BCUT2D eigenvalue weighted by Gasteiger charge is -2.08. The van der Waals surface area contributed by atoms with Gasteiger partial charge >= 0.3 is 5.97 Å². The molecule has 100 valence electrons. The molecule has 0 atom stereocenters. The topological polar surface area (TPSA) is 98.1 Å². The third-order valence-corrected chi connectivity index (χ3v) is 2.32. The number of nitrogens with two attached hydrogens (primary N) is 1. The van der Waals surface area contributed by atoms with E-state index >= 15 is 0 Å². The van der Waals surface area contributed by atoms with Crippen LogP contribution in [0.2, 0.25) is 0 Å². The van der Waals surface area contributed by atoms with Gasteiger partial charge in [0.05, 0.1) is 18.6 Å². The van der Waals surface area contributed by atoms with Crippen LogP contribution in [-0.2, 0) is 22.4 Å². The van der Waals surface area contributed by atoms with Crippen LogP contribution in [0, 0.1) is 5.92 Å². The van der Waals surface area contributed by atoms with Crippen molar-refractivity contribution < 1.29 is 9.53 Å². The Hall–Kier alpha value is -1.85. The van der Waals surface area contributed by atoms with Crippen molar-refractivity contribution >= 4 is 11.8 Å². The minimum atomic E-state index is -0.479. The summed E-state index contributed by atoms with van der Waals surface area (Å²) in [6.45, 7) is 6.01. The van der Waals surface area contributed by atoms with E-state index in [1.165, 1.54) is 0 Å². The second-order valence-electron chi connectivity index (χ2n) is 4.46. The molecule has 0 aromatic carbocycles. The molecule has 6 heteroatoms. The third-order valence-electron chi connectivity index (χ3n) is 2.32. The van der Waals surface area contributed by atoms with Gasteiger partial charge in [-0.15, -0.1) is 0 Å². The van der Waals surface area contributed by atoms with E-state index in [1.807, 2.05) is 13.8 Å². The van der Waals surface area contributed by atoms with Crippen molar-refractivity contribution in [3.8, 4) is 0 Å². The molecule has 3 N–H and O–H groups in total. The molecule has 0 aliphatic heterocycles. The lowest BCUT2D eigenvalue weighted by Crippen LogP contribution is -2.23. The Labute approximate surface area is 106 Å². The molecule has 0 aliphatic rings. The van der Waals surface area contributed by atoms with Crippen molar-refractivity contribution in [1.29, 1.82) is 0 Å². The number of aromatic nitrogens is 2. The monoisotopic (exact) mass is 253 g/mol. The maximum Gasteiger partial charge on any atom is 0.310 e. The van der Waals surface area contributed by atoms with Crippen LogP contribution in [0.1, 0.15) is 32.2 Å². The molecule has 1 aromatic heterocycles. The number of carbonyl (C=O) groups is 1. The summed E-state index contributed by atoms with van der Waals surface area (Å²) >= 11 is 0. The zero-order chi connectivity index (χ0) is 13.7. The van der Waals surface area contributed by atoms with Crippen LogP contribution in [0.15, 0.2) is 4.79 Å². The SMILES string of the molecule is CCOC(=O)Cc1c(N)nc(CC(C)C)[nH]c1=O. The van der Waals surface area contributed by atoms with E-state index in [1.54, 1.807) is 6.92 Å². The summed E-state index contributed by atoms with van der Waals surface area (Å²) in [5.41, 5.74) is 5.50. The molecule has 1 aromatic rings. The van der Waals surface area contributed by atoms with Gasteiger partial charge in [-0.05, 0) is 12.8 Å². The number of H-pyrrole nitrogens is 1. The van der Waals surface area contributed by atoms with E-state index in [0.717, 1.165) is 0 Å². The Balaban J connectivity index is 2.94. The van der Waals surface area contributed by atoms with Gasteiger partial charge in [0, 0.05) is 6.42 Å². The smallest absolute Gasteiger partial charge is 0.310 e. The van der Waals surface area contributed by atoms with E-state index in [-0.39, 0.29) is 30.0 Å². The molecule has 0 saturated heterocycles. The lowest BCUT2D eigenvalue weighted by atomic mass is 10.1. The molecular weight excluding hydrogens is 234 g/mol. The van der Waals surface area contributed by atoms with Crippen molar-refractivity contribution in [2.45, 2.75) is 33.6 Å². The summed E-state index contributed by atoms with van der Waals surface area (Å²) in [6, 6.07) is 0. The number of esters is 1. The van der Waals surface area contributed by atoms with E-state index < -0.39 is 5.97 Å². The molecule has 0 radical (unpaired) electrons. The second-order valence-corrected chi connectivity index (χ2v) is 4.46. The van der Waals surface area contributed by atoms with Crippen LogP contribution in [0.3, 0.4) is 0 Å². The predicted octanol–water partition coefficient (Wildman–Crippen LogP) is 0.656. The highest BCUT2D eigenvalue weighted by Crippen LogP contribution is 2.07. The van der Waals surface area contributed by atoms with Gasteiger partial charge in [0.1, 0.15) is 11.6 Å². The molecule has 0 fully saturated rings. The second kappa shape index (κ2) is 6.18. The fourth-order valence-corrected chi connectivity index (χ4v) is 1.57. The molecule has 0 unspecified atom stereocenters. The molecule has 1 heterocycles. The number of hydrogen-bond donors (Lipinski definition) is 2. The average molecular weight is 253 g/mol. The number of nitrogen functional groups attached to an aromatic ring is 1. The van der Waals surface area contributed by atoms with E-state index in [0.29, 0.717) is 18.2 Å². The Morgan fingerprint density at radius 2 is 2.17 bits per heavy atom. The van der Waals surface area contributed by atoms with E-state index in [2.05, 4.69) is 9.97 Å². The van der Waals surface area contributed by atoms with Crippen molar-refractivity contribution in [1.82, 2.24) is 9.97 Å². The van der Waals surface area contributed by atoms with Gasteiger partial charge in [-0.1, -0.05) is 13.8 Å². The average Bonchev–Trinajstić information content (AvgIpc) is 2.23. The zero-order valence-electron chi connectivity index (χ0n) is 10.9. The molecule has 0 amide bonds. The van der Waals surface area contributed by atoms with E-state index in [9.17, 15) is 9.59 Å². The number of rotatable bonds is 5. The van der Waals surface area contributed by atoms with Crippen LogP contribution in [0.5, 0.6) is 0 Å². The van der Waals surface area contributed by atoms with Gasteiger partial charge < -0.3 is 15.5 Å². The molecular formula is C12H19N3O3. The largest absolute Gasteiger partial charge is 0.466 e. The van der Waals surface area contributed by atoms with Crippen LogP contribution < -0.4 is 11.3 Å². The maximum atomic E-state index is 11.8. The first kappa shape index (κ1) is 14.2. The highest BCUT2D eigenvalue weighted by Gasteiger charge is 2.14. The zero-order valence-corrected chi connectivity index (χ0v) is 10.9. The Morgan fingerprint density at radius 3 is 2.67 bits per heavy atom. The first-order valence-electron chi connectivity index (χ1n) is 5.97. The lowest BCUT2D eigenvalue weighted by molar-refractivity contribution is -0.142. The number of hydrogen-bond acceptors (Lipinski definition) is 5. The van der Waals surface area contributed by atoms with Crippen molar-refractivity contribution in [2.24, 2.45) is 5.92 Å². The fraction of sp³-hybridized carbons (Fsp3) is 0.583. The van der Waals surface area contributed by atoms with Crippen molar-refractivity contribution in [3.63, 3.8) is 0 Å². The number of ether oxygens (including phenoxy) is 1. The predicted molar refractivity (Wildman–Crippen MR) is 68.1 cm³/mol. The van der Waals surface area contributed by atoms with Gasteiger partial charge in [0.25, 0.3) is 5.56 Å². The van der Waals surface area contributed by atoms with Gasteiger partial charge in [0.15, 0.2) is 0 Å². The first-order chi connectivity index (χ1) is 8.43. The summed E-state index contributed by atoms with van der Waals surface area (Å²) in [6.07, 6.45) is 0.489. The van der Waals surface area contributed by atoms with E-state index in [4.69, 9.17) is 10.5 Å².